The minimum atomic E-state index is 0.168. The summed E-state index contributed by atoms with van der Waals surface area (Å²) in [4.78, 5) is 4.22. The minimum absolute atomic E-state index is 0.168. The summed E-state index contributed by atoms with van der Waals surface area (Å²) < 4.78 is 1.70. The molecule has 0 spiro atoms. The highest BCUT2D eigenvalue weighted by Gasteiger charge is 2.11. The Morgan fingerprint density at radius 2 is 2.22 bits per heavy atom. The van der Waals surface area contributed by atoms with Crippen LogP contribution < -0.4 is 0 Å². The van der Waals surface area contributed by atoms with Gasteiger partial charge < -0.3 is 5.11 Å². The number of aliphatic hydroxyl groups excluding tert-OH is 1. The van der Waals surface area contributed by atoms with Crippen molar-refractivity contribution in [3.63, 3.8) is 0 Å². The van der Waals surface area contributed by atoms with Gasteiger partial charge in [-0.3, -0.25) is 0 Å². The van der Waals surface area contributed by atoms with Crippen LogP contribution in [-0.2, 0) is 6.42 Å². The Balaban J connectivity index is 2.05. The van der Waals surface area contributed by atoms with Gasteiger partial charge in [0.2, 0.25) is 5.82 Å². The maximum Gasteiger partial charge on any atom is 0.214 e. The van der Waals surface area contributed by atoms with Crippen LogP contribution in [-0.4, -0.2) is 36.5 Å². The van der Waals surface area contributed by atoms with Crippen LogP contribution in [0.5, 0.6) is 0 Å². The highest BCUT2D eigenvalue weighted by atomic mass is 32.1. The zero-order chi connectivity index (χ0) is 12.4. The van der Waals surface area contributed by atoms with E-state index in [1.807, 2.05) is 17.5 Å². The molecule has 3 heterocycles. The molecule has 0 fully saturated rings. The Morgan fingerprint density at radius 3 is 3.00 bits per heavy atom. The van der Waals surface area contributed by atoms with Crippen molar-refractivity contribution in [2.24, 2.45) is 0 Å². The summed E-state index contributed by atoms with van der Waals surface area (Å²) in [5, 5.41) is 24.2. The molecular formula is C11H11N5OS. The molecule has 3 aromatic rings. The Bertz CT molecular complexity index is 649. The summed E-state index contributed by atoms with van der Waals surface area (Å²) in [5.74, 6) is 0.658. The van der Waals surface area contributed by atoms with Crippen LogP contribution in [0.15, 0.2) is 23.7 Å². The first kappa shape index (κ1) is 11.2. The summed E-state index contributed by atoms with van der Waals surface area (Å²) in [6.07, 6.45) is 3.17. The lowest BCUT2D eigenvalue weighted by Crippen LogP contribution is -2.00. The van der Waals surface area contributed by atoms with Crippen molar-refractivity contribution >= 4 is 17.0 Å². The lowest BCUT2D eigenvalue weighted by Gasteiger charge is -2.00. The van der Waals surface area contributed by atoms with Crippen molar-refractivity contribution in [2.45, 2.75) is 12.8 Å². The third kappa shape index (κ3) is 1.98. The Labute approximate surface area is 107 Å². The molecule has 0 unspecified atom stereocenters. The van der Waals surface area contributed by atoms with Gasteiger partial charge in [0.25, 0.3) is 0 Å². The summed E-state index contributed by atoms with van der Waals surface area (Å²) in [7, 11) is 0. The number of rotatable bonds is 4. The number of thiazole rings is 1. The number of nitrogens with zero attached hydrogens (tertiary/aromatic N) is 5. The lowest BCUT2D eigenvalue weighted by atomic mass is 10.2. The molecule has 0 saturated carbocycles. The summed E-state index contributed by atoms with van der Waals surface area (Å²) >= 11 is 1.50. The third-order valence-corrected chi connectivity index (χ3v) is 3.30. The highest BCUT2D eigenvalue weighted by Crippen LogP contribution is 2.19. The predicted molar refractivity (Wildman–Crippen MR) is 67.3 cm³/mol. The third-order valence-electron chi connectivity index (χ3n) is 2.53. The standard InChI is InChI=1S/C11H11N5OS/c17-6-1-2-8-3-4-9-13-14-10(16(9)15-8)11-12-5-7-18-11/h3-5,7,17H,1-2,6H2. The molecule has 0 saturated heterocycles. The maximum atomic E-state index is 8.84. The number of aryl methyl sites for hydroxylation is 1. The van der Waals surface area contributed by atoms with E-state index in [1.165, 1.54) is 11.3 Å². The molecule has 0 atom stereocenters. The monoisotopic (exact) mass is 261 g/mol. The first-order valence-electron chi connectivity index (χ1n) is 5.60. The number of aromatic nitrogens is 5. The summed E-state index contributed by atoms with van der Waals surface area (Å²) in [5.41, 5.74) is 1.61. The highest BCUT2D eigenvalue weighted by molar-refractivity contribution is 7.13. The lowest BCUT2D eigenvalue weighted by molar-refractivity contribution is 0.288. The largest absolute Gasteiger partial charge is 0.396 e. The van der Waals surface area contributed by atoms with Crippen molar-refractivity contribution in [3.05, 3.63) is 29.4 Å². The maximum absolute atomic E-state index is 8.84. The van der Waals surface area contributed by atoms with Crippen molar-refractivity contribution in [1.82, 2.24) is 24.8 Å². The van der Waals surface area contributed by atoms with E-state index in [9.17, 15) is 0 Å². The van der Waals surface area contributed by atoms with Crippen LogP contribution in [0.2, 0.25) is 0 Å². The molecule has 0 bridgehead atoms. The van der Waals surface area contributed by atoms with Gasteiger partial charge in [0.05, 0.1) is 5.69 Å². The van der Waals surface area contributed by atoms with E-state index in [1.54, 1.807) is 10.7 Å². The molecule has 6 nitrogen and oxygen atoms in total. The SMILES string of the molecule is OCCCc1ccc2nnc(-c3nccs3)n2n1. The number of hydrogen-bond acceptors (Lipinski definition) is 6. The Morgan fingerprint density at radius 1 is 1.28 bits per heavy atom. The first-order valence-corrected chi connectivity index (χ1v) is 6.48. The van der Waals surface area contributed by atoms with Gasteiger partial charge in [0.15, 0.2) is 10.7 Å². The second-order valence-electron chi connectivity index (χ2n) is 3.78. The molecule has 0 aliphatic rings. The van der Waals surface area contributed by atoms with Crippen molar-refractivity contribution in [2.75, 3.05) is 6.61 Å². The number of aliphatic hydroxyl groups is 1. The Hall–Kier alpha value is -1.86. The average Bonchev–Trinajstić information content (AvgIpc) is 3.04. The van der Waals surface area contributed by atoms with E-state index >= 15 is 0 Å². The molecule has 1 N–H and O–H groups in total. The van der Waals surface area contributed by atoms with E-state index in [4.69, 9.17) is 5.11 Å². The van der Waals surface area contributed by atoms with Gasteiger partial charge in [0, 0.05) is 18.2 Å². The van der Waals surface area contributed by atoms with Crippen LogP contribution in [0.25, 0.3) is 16.5 Å². The van der Waals surface area contributed by atoms with Crippen LogP contribution in [0.3, 0.4) is 0 Å². The fourth-order valence-corrected chi connectivity index (χ4v) is 2.29. The minimum Gasteiger partial charge on any atom is -0.396 e. The van der Waals surface area contributed by atoms with E-state index in [0.717, 1.165) is 17.1 Å². The fourth-order valence-electron chi connectivity index (χ4n) is 1.69. The van der Waals surface area contributed by atoms with Gasteiger partial charge in [-0.1, -0.05) is 0 Å². The zero-order valence-corrected chi connectivity index (χ0v) is 10.3. The predicted octanol–water partition coefficient (Wildman–Crippen LogP) is 1.17. The van der Waals surface area contributed by atoms with Crippen molar-refractivity contribution in [1.29, 1.82) is 0 Å². The summed E-state index contributed by atoms with van der Waals surface area (Å²) in [6, 6.07) is 3.79. The van der Waals surface area contributed by atoms with Gasteiger partial charge in [0.1, 0.15) is 0 Å². The van der Waals surface area contributed by atoms with Crippen LogP contribution >= 0.6 is 11.3 Å². The van der Waals surface area contributed by atoms with Crippen LogP contribution in [0.4, 0.5) is 0 Å². The van der Waals surface area contributed by atoms with Gasteiger partial charge in [-0.25, -0.2) is 4.98 Å². The molecule has 7 heteroatoms. The normalized spacial score (nSPS) is 11.2. The van der Waals surface area contributed by atoms with Crippen molar-refractivity contribution < 1.29 is 5.11 Å². The van der Waals surface area contributed by atoms with Crippen LogP contribution in [0, 0.1) is 0 Å². The molecular weight excluding hydrogens is 250 g/mol. The zero-order valence-electron chi connectivity index (χ0n) is 9.52. The van der Waals surface area contributed by atoms with Crippen LogP contribution in [0.1, 0.15) is 12.1 Å². The quantitative estimate of drug-likeness (QED) is 0.763. The van der Waals surface area contributed by atoms with Gasteiger partial charge >= 0.3 is 0 Å². The molecule has 3 aromatic heterocycles. The number of hydrogen-bond donors (Lipinski definition) is 1. The van der Waals surface area contributed by atoms with Gasteiger partial charge in [-0.15, -0.1) is 21.5 Å². The molecule has 0 radical (unpaired) electrons. The van der Waals surface area contributed by atoms with Crippen molar-refractivity contribution in [3.8, 4) is 10.8 Å². The second kappa shape index (κ2) is 4.79. The molecule has 0 amide bonds. The Kier molecular flexibility index (Phi) is 2.99. The number of fused-ring (bicyclic) bond motifs is 1. The van der Waals surface area contributed by atoms with Gasteiger partial charge in [-0.05, 0) is 25.0 Å². The van der Waals surface area contributed by atoms with E-state index in [0.29, 0.717) is 17.9 Å². The van der Waals surface area contributed by atoms with E-state index in [-0.39, 0.29) is 6.61 Å². The molecule has 0 aromatic carbocycles. The molecule has 0 aliphatic heterocycles. The smallest absolute Gasteiger partial charge is 0.214 e. The average molecular weight is 261 g/mol. The first-order chi connectivity index (χ1) is 8.88. The molecule has 92 valence electrons. The van der Waals surface area contributed by atoms with Gasteiger partial charge in [-0.2, -0.15) is 9.61 Å². The van der Waals surface area contributed by atoms with E-state index in [2.05, 4.69) is 20.3 Å². The second-order valence-corrected chi connectivity index (χ2v) is 4.68. The van der Waals surface area contributed by atoms with E-state index < -0.39 is 0 Å². The summed E-state index contributed by atoms with van der Waals surface area (Å²) in [6.45, 7) is 0.168. The molecule has 0 aliphatic carbocycles. The fraction of sp³-hybridized carbons (Fsp3) is 0.273. The molecule has 18 heavy (non-hydrogen) atoms. The molecule has 3 rings (SSSR count). The topological polar surface area (TPSA) is 76.2 Å².